The van der Waals surface area contributed by atoms with Crippen molar-refractivity contribution in [2.24, 2.45) is 5.92 Å². The van der Waals surface area contributed by atoms with E-state index in [1.165, 1.54) is 18.3 Å². The SMILES string of the molecule is C=C1CC(CC[C@@]23CC4O[C@H]5[C@@H](O2)[C@H]2O[C@@H](CC(=O)OC)CC[C@@H]2O[C@H]5[C@H]4O3)OC1CCC1C[C@@H](C)C(=C)[C@@H](C)O1. The lowest BCUT2D eigenvalue weighted by atomic mass is 9.87. The summed E-state index contributed by atoms with van der Waals surface area (Å²) in [6.45, 7) is 12.9. The summed E-state index contributed by atoms with van der Waals surface area (Å²) in [4.78, 5) is 11.9. The quantitative estimate of drug-likeness (QED) is 0.313. The van der Waals surface area contributed by atoms with Crippen LogP contribution in [0, 0.1) is 5.92 Å². The van der Waals surface area contributed by atoms with Crippen LogP contribution in [0.1, 0.15) is 78.1 Å². The summed E-state index contributed by atoms with van der Waals surface area (Å²) in [5.41, 5.74) is 2.37. The van der Waals surface area contributed by atoms with Crippen LogP contribution in [0.3, 0.4) is 0 Å². The van der Waals surface area contributed by atoms with E-state index < -0.39 is 5.79 Å². The normalized spacial score (nSPS) is 50.2. The second kappa shape index (κ2) is 11.0. The van der Waals surface area contributed by atoms with Crippen LogP contribution < -0.4 is 0 Å². The number of carbonyl (C=O) groups is 1. The monoisotopic (exact) mass is 574 g/mol. The third kappa shape index (κ3) is 5.23. The number of carbonyl (C=O) groups excluding carboxylic acids is 1. The third-order valence-electron chi connectivity index (χ3n) is 10.7. The average molecular weight is 575 g/mol. The van der Waals surface area contributed by atoms with Gasteiger partial charge < -0.3 is 37.9 Å². The van der Waals surface area contributed by atoms with E-state index >= 15 is 0 Å². The summed E-state index contributed by atoms with van der Waals surface area (Å²) in [5, 5.41) is 0. The number of hydrogen-bond donors (Lipinski definition) is 0. The second-order valence-electron chi connectivity index (χ2n) is 13.5. The highest BCUT2D eigenvalue weighted by Crippen LogP contribution is 2.54. The lowest BCUT2D eigenvalue weighted by Crippen LogP contribution is -2.61. The van der Waals surface area contributed by atoms with Gasteiger partial charge in [-0.15, -0.1) is 0 Å². The zero-order valence-corrected chi connectivity index (χ0v) is 24.7. The van der Waals surface area contributed by atoms with Gasteiger partial charge >= 0.3 is 5.97 Å². The van der Waals surface area contributed by atoms with E-state index in [-0.39, 0.29) is 85.6 Å². The lowest BCUT2D eigenvalue weighted by Gasteiger charge is -2.47. The predicted molar refractivity (Wildman–Crippen MR) is 147 cm³/mol. The van der Waals surface area contributed by atoms with Crippen molar-refractivity contribution in [3.63, 3.8) is 0 Å². The lowest BCUT2D eigenvalue weighted by molar-refractivity contribution is -0.293. The molecule has 8 aliphatic heterocycles. The maximum atomic E-state index is 11.9. The van der Waals surface area contributed by atoms with Crippen molar-refractivity contribution >= 4 is 5.97 Å². The molecule has 8 aliphatic rings. The minimum Gasteiger partial charge on any atom is -0.469 e. The Hall–Kier alpha value is -1.33. The van der Waals surface area contributed by atoms with Gasteiger partial charge in [0.15, 0.2) is 5.79 Å². The molecule has 228 valence electrons. The minimum atomic E-state index is -0.742. The highest BCUT2D eigenvalue weighted by atomic mass is 16.8. The molecular formula is C32H46O9. The van der Waals surface area contributed by atoms with E-state index in [0.29, 0.717) is 12.3 Å². The number of methoxy groups -OCH3 is 1. The van der Waals surface area contributed by atoms with Crippen LogP contribution >= 0.6 is 0 Å². The first-order valence-electron chi connectivity index (χ1n) is 15.8. The maximum Gasteiger partial charge on any atom is 0.308 e. The van der Waals surface area contributed by atoms with Crippen molar-refractivity contribution in [3.05, 3.63) is 24.3 Å². The van der Waals surface area contributed by atoms with Gasteiger partial charge in [-0.1, -0.05) is 20.1 Å². The Labute approximate surface area is 243 Å². The fraction of sp³-hybridized carbons (Fsp3) is 0.844. The van der Waals surface area contributed by atoms with Crippen molar-refractivity contribution in [2.75, 3.05) is 7.11 Å². The molecule has 0 amide bonds. The molecule has 6 bridgehead atoms. The molecule has 9 nitrogen and oxygen atoms in total. The summed E-state index contributed by atoms with van der Waals surface area (Å²) < 4.78 is 50.6. The summed E-state index contributed by atoms with van der Waals surface area (Å²) in [6.07, 6.45) is 6.93. The standard InChI is InChI=1S/C32H46O9/c1-16-12-20(35-19(4)18(16)3)6-8-23-17(2)13-22(36-23)10-11-32-15-25-28(40-32)29-30(39-25)31(41-32)27-24(38-29)9-7-21(37-27)14-26(33)34-5/h16,19-25,27-31H,2-3,6-15H2,1,4-5H3/t16-,19-,20?,21-,22?,23?,24+,25?,27+,28+,29+,30-,31+,32+/m1/s1. The molecule has 0 aromatic carbocycles. The van der Waals surface area contributed by atoms with Gasteiger partial charge in [0.2, 0.25) is 0 Å². The molecule has 4 unspecified atom stereocenters. The topological polar surface area (TPSA) is 90.9 Å². The molecule has 0 radical (unpaired) electrons. The van der Waals surface area contributed by atoms with Gasteiger partial charge in [0.25, 0.3) is 0 Å². The number of esters is 1. The fourth-order valence-corrected chi connectivity index (χ4v) is 8.42. The molecule has 0 aliphatic carbocycles. The van der Waals surface area contributed by atoms with Crippen LogP contribution in [0.5, 0.6) is 0 Å². The molecule has 0 N–H and O–H groups in total. The zero-order chi connectivity index (χ0) is 28.5. The van der Waals surface area contributed by atoms with Crippen LogP contribution in [0.2, 0.25) is 0 Å². The molecule has 41 heavy (non-hydrogen) atoms. The van der Waals surface area contributed by atoms with Crippen LogP contribution in [0.15, 0.2) is 24.3 Å². The van der Waals surface area contributed by atoms with Gasteiger partial charge in [-0.3, -0.25) is 4.79 Å². The highest BCUT2D eigenvalue weighted by molar-refractivity contribution is 5.69. The van der Waals surface area contributed by atoms with Crippen molar-refractivity contribution in [2.45, 2.75) is 157 Å². The van der Waals surface area contributed by atoms with Crippen molar-refractivity contribution in [1.82, 2.24) is 0 Å². The zero-order valence-electron chi connectivity index (χ0n) is 24.7. The summed E-state index contributed by atoms with van der Waals surface area (Å²) in [7, 11) is 1.41. The van der Waals surface area contributed by atoms with E-state index in [1.54, 1.807) is 0 Å². The van der Waals surface area contributed by atoms with Gasteiger partial charge in [0, 0.05) is 12.8 Å². The molecule has 14 atom stereocenters. The Morgan fingerprint density at radius 2 is 1.63 bits per heavy atom. The Morgan fingerprint density at radius 1 is 0.854 bits per heavy atom. The first-order valence-corrected chi connectivity index (χ1v) is 15.8. The molecule has 0 aromatic heterocycles. The van der Waals surface area contributed by atoms with E-state index in [4.69, 9.17) is 37.9 Å². The first kappa shape index (κ1) is 28.4. The van der Waals surface area contributed by atoms with E-state index in [0.717, 1.165) is 51.4 Å². The van der Waals surface area contributed by atoms with Gasteiger partial charge in [0.05, 0.1) is 56.3 Å². The summed E-state index contributed by atoms with van der Waals surface area (Å²) in [6, 6.07) is 0. The Balaban J connectivity index is 0.965. The molecule has 8 saturated heterocycles. The van der Waals surface area contributed by atoms with E-state index in [9.17, 15) is 4.79 Å². The Bertz CT molecular complexity index is 1030. The number of fused-ring (bicyclic) bond motifs is 1. The largest absolute Gasteiger partial charge is 0.469 e. The molecule has 0 saturated carbocycles. The van der Waals surface area contributed by atoms with Gasteiger partial charge in [-0.2, -0.15) is 0 Å². The maximum absolute atomic E-state index is 11.9. The Morgan fingerprint density at radius 3 is 2.44 bits per heavy atom. The molecule has 8 rings (SSSR count). The van der Waals surface area contributed by atoms with Crippen LogP contribution in [0.4, 0.5) is 0 Å². The van der Waals surface area contributed by atoms with Crippen molar-refractivity contribution < 1.29 is 42.7 Å². The summed E-state index contributed by atoms with van der Waals surface area (Å²) in [5.74, 6) is -0.513. The second-order valence-corrected chi connectivity index (χ2v) is 13.5. The van der Waals surface area contributed by atoms with Crippen LogP contribution in [-0.4, -0.2) is 92.1 Å². The molecule has 8 heterocycles. The van der Waals surface area contributed by atoms with Crippen molar-refractivity contribution in [1.29, 1.82) is 0 Å². The third-order valence-corrected chi connectivity index (χ3v) is 10.7. The number of ether oxygens (including phenoxy) is 8. The van der Waals surface area contributed by atoms with Crippen LogP contribution in [0.25, 0.3) is 0 Å². The van der Waals surface area contributed by atoms with Gasteiger partial charge in [0.1, 0.15) is 30.5 Å². The highest BCUT2D eigenvalue weighted by Gasteiger charge is 2.68. The molecule has 0 aromatic rings. The van der Waals surface area contributed by atoms with Gasteiger partial charge in [-0.25, -0.2) is 0 Å². The average Bonchev–Trinajstić information content (AvgIpc) is 3.53. The summed E-state index contributed by atoms with van der Waals surface area (Å²) >= 11 is 0. The number of rotatable bonds is 8. The minimum absolute atomic E-state index is 0.0374. The van der Waals surface area contributed by atoms with Crippen molar-refractivity contribution in [3.8, 4) is 0 Å². The van der Waals surface area contributed by atoms with E-state index in [2.05, 4.69) is 27.0 Å². The molecule has 8 fully saturated rings. The first-order chi connectivity index (χ1) is 19.7. The van der Waals surface area contributed by atoms with Crippen LogP contribution in [-0.2, 0) is 42.7 Å². The van der Waals surface area contributed by atoms with E-state index in [1.807, 2.05) is 0 Å². The molecule has 9 heteroatoms. The molecule has 0 spiro atoms. The number of hydrogen-bond acceptors (Lipinski definition) is 9. The smallest absolute Gasteiger partial charge is 0.308 e. The van der Waals surface area contributed by atoms with Gasteiger partial charge in [-0.05, 0) is 68.9 Å². The fourth-order valence-electron chi connectivity index (χ4n) is 8.42. The predicted octanol–water partition coefficient (Wildman–Crippen LogP) is 4.16. The molecular weight excluding hydrogens is 528 g/mol. The Kier molecular flexibility index (Phi) is 7.62.